The van der Waals surface area contributed by atoms with Crippen molar-refractivity contribution in [2.75, 3.05) is 31.1 Å². The quantitative estimate of drug-likeness (QED) is 0.477. The van der Waals surface area contributed by atoms with Crippen molar-refractivity contribution < 1.29 is 0 Å². The van der Waals surface area contributed by atoms with Gasteiger partial charge in [-0.15, -0.1) is 0 Å². The van der Waals surface area contributed by atoms with Gasteiger partial charge in [-0.2, -0.15) is 4.98 Å². The van der Waals surface area contributed by atoms with E-state index >= 15 is 0 Å². The number of nitrogens with one attached hydrogen (secondary N) is 1. The van der Waals surface area contributed by atoms with E-state index in [-0.39, 0.29) is 0 Å². The van der Waals surface area contributed by atoms with Crippen molar-refractivity contribution in [1.29, 1.82) is 0 Å². The summed E-state index contributed by atoms with van der Waals surface area (Å²) in [6.45, 7) is 6.63. The summed E-state index contributed by atoms with van der Waals surface area (Å²) >= 11 is 6.14. The standard InChI is InChI=1S/C25H27ClN6O2/c1-17-5-3-6-18(13-17)16-32-21-22(29(2)25(34)28-23(21)33)27-24(32)31-11-9-30(10-12-31)15-19-7-4-8-20(26)14-19/h3-8,13-14H,9-12,15-16H2,1-2H3,(H,28,33,34). The molecule has 176 valence electrons. The van der Waals surface area contributed by atoms with Gasteiger partial charge >= 0.3 is 5.69 Å². The Bertz CT molecular complexity index is 1460. The number of rotatable bonds is 5. The van der Waals surface area contributed by atoms with Crippen LogP contribution >= 0.6 is 11.6 Å². The number of imidazole rings is 1. The van der Waals surface area contributed by atoms with Gasteiger partial charge in [0.25, 0.3) is 5.56 Å². The molecule has 0 amide bonds. The van der Waals surface area contributed by atoms with Crippen molar-refractivity contribution in [2.45, 2.75) is 20.0 Å². The number of aromatic nitrogens is 4. The van der Waals surface area contributed by atoms with Gasteiger partial charge in [0.15, 0.2) is 11.2 Å². The predicted octanol–water partition coefficient (Wildman–Crippen LogP) is 2.76. The Morgan fingerprint density at radius 1 is 0.971 bits per heavy atom. The van der Waals surface area contributed by atoms with E-state index in [9.17, 15) is 9.59 Å². The molecule has 1 fully saturated rings. The van der Waals surface area contributed by atoms with Crippen LogP contribution in [0.3, 0.4) is 0 Å². The van der Waals surface area contributed by atoms with Crippen molar-refractivity contribution in [3.8, 4) is 0 Å². The minimum absolute atomic E-state index is 0.401. The van der Waals surface area contributed by atoms with Crippen LogP contribution in [-0.4, -0.2) is 50.2 Å². The molecule has 1 N–H and O–H groups in total. The SMILES string of the molecule is Cc1cccc(Cn2c(N3CCN(Cc4cccc(Cl)c4)CC3)nc3c2c(=O)[nH]c(=O)n3C)c1. The van der Waals surface area contributed by atoms with Crippen LogP contribution in [0.2, 0.25) is 5.02 Å². The van der Waals surface area contributed by atoms with E-state index in [1.165, 1.54) is 10.1 Å². The van der Waals surface area contributed by atoms with Crippen molar-refractivity contribution in [1.82, 2.24) is 24.0 Å². The fourth-order valence-corrected chi connectivity index (χ4v) is 4.82. The lowest BCUT2D eigenvalue weighted by molar-refractivity contribution is 0.248. The first-order chi connectivity index (χ1) is 16.4. The fourth-order valence-electron chi connectivity index (χ4n) is 4.61. The van der Waals surface area contributed by atoms with E-state index in [1.807, 2.05) is 47.9 Å². The topological polar surface area (TPSA) is 79.2 Å². The van der Waals surface area contributed by atoms with Gasteiger partial charge in [0, 0.05) is 44.8 Å². The van der Waals surface area contributed by atoms with Crippen LogP contribution in [0.5, 0.6) is 0 Å². The Morgan fingerprint density at radius 2 is 1.68 bits per heavy atom. The van der Waals surface area contributed by atoms with Gasteiger partial charge in [-0.25, -0.2) is 4.79 Å². The molecular formula is C25H27ClN6O2. The third kappa shape index (κ3) is 4.38. The minimum Gasteiger partial charge on any atom is -0.340 e. The minimum atomic E-state index is -0.462. The third-order valence-electron chi connectivity index (χ3n) is 6.36. The monoisotopic (exact) mass is 478 g/mol. The van der Waals surface area contributed by atoms with E-state index < -0.39 is 11.2 Å². The van der Waals surface area contributed by atoms with Crippen molar-refractivity contribution in [3.05, 3.63) is 91.1 Å². The van der Waals surface area contributed by atoms with Gasteiger partial charge in [-0.3, -0.25) is 23.8 Å². The lowest BCUT2D eigenvalue weighted by Gasteiger charge is -2.35. The van der Waals surface area contributed by atoms with Gasteiger partial charge < -0.3 is 4.90 Å². The highest BCUT2D eigenvalue weighted by Gasteiger charge is 2.25. The highest BCUT2D eigenvalue weighted by Crippen LogP contribution is 2.23. The lowest BCUT2D eigenvalue weighted by atomic mass is 10.1. The Labute approximate surface area is 202 Å². The number of H-pyrrole nitrogens is 1. The Hall–Kier alpha value is -3.36. The molecule has 0 bridgehead atoms. The maximum atomic E-state index is 12.8. The van der Waals surface area contributed by atoms with Crippen LogP contribution in [0.25, 0.3) is 11.2 Å². The molecule has 0 aliphatic carbocycles. The van der Waals surface area contributed by atoms with Gasteiger partial charge in [0.2, 0.25) is 5.95 Å². The highest BCUT2D eigenvalue weighted by atomic mass is 35.5. The average Bonchev–Trinajstić information content (AvgIpc) is 3.18. The number of fused-ring (bicyclic) bond motifs is 1. The molecule has 9 heteroatoms. The molecule has 3 heterocycles. The molecule has 4 aromatic rings. The second-order valence-electron chi connectivity index (χ2n) is 8.87. The Balaban J connectivity index is 1.47. The molecule has 0 atom stereocenters. The number of halogens is 1. The lowest BCUT2D eigenvalue weighted by Crippen LogP contribution is -2.46. The van der Waals surface area contributed by atoms with Gasteiger partial charge in [0.1, 0.15) is 0 Å². The number of hydrogen-bond acceptors (Lipinski definition) is 5. The van der Waals surface area contributed by atoms with Crippen LogP contribution in [0.1, 0.15) is 16.7 Å². The van der Waals surface area contributed by atoms with Gasteiger partial charge in [-0.1, -0.05) is 53.6 Å². The number of anilines is 1. The molecule has 8 nitrogen and oxygen atoms in total. The van der Waals surface area contributed by atoms with Crippen molar-refractivity contribution in [3.63, 3.8) is 0 Å². The second kappa shape index (κ2) is 9.12. The molecule has 1 aliphatic heterocycles. The highest BCUT2D eigenvalue weighted by molar-refractivity contribution is 6.30. The molecule has 34 heavy (non-hydrogen) atoms. The van der Waals surface area contributed by atoms with E-state index in [0.717, 1.165) is 48.9 Å². The van der Waals surface area contributed by atoms with Crippen molar-refractivity contribution in [2.24, 2.45) is 7.05 Å². The van der Waals surface area contributed by atoms with Gasteiger partial charge in [0.05, 0.1) is 6.54 Å². The molecular weight excluding hydrogens is 452 g/mol. The van der Waals surface area contributed by atoms with E-state index in [0.29, 0.717) is 23.7 Å². The van der Waals surface area contributed by atoms with E-state index in [4.69, 9.17) is 16.6 Å². The molecule has 0 unspecified atom stereocenters. The zero-order valence-corrected chi connectivity index (χ0v) is 20.0. The number of aromatic amines is 1. The summed E-state index contributed by atoms with van der Waals surface area (Å²) < 4.78 is 3.34. The predicted molar refractivity (Wildman–Crippen MR) is 135 cm³/mol. The number of hydrogen-bond donors (Lipinski definition) is 1. The van der Waals surface area contributed by atoms with Gasteiger partial charge in [-0.05, 0) is 30.2 Å². The normalized spacial score (nSPS) is 14.7. The van der Waals surface area contributed by atoms with Crippen LogP contribution < -0.4 is 16.1 Å². The smallest absolute Gasteiger partial charge is 0.329 e. The largest absolute Gasteiger partial charge is 0.340 e. The number of piperazine rings is 1. The molecule has 1 saturated heterocycles. The van der Waals surface area contributed by atoms with Crippen molar-refractivity contribution >= 4 is 28.7 Å². The first-order valence-corrected chi connectivity index (χ1v) is 11.7. The molecule has 0 saturated carbocycles. The first kappa shape index (κ1) is 22.4. The number of aryl methyl sites for hydroxylation is 2. The van der Waals surface area contributed by atoms with Crippen LogP contribution in [0.15, 0.2) is 58.1 Å². The molecule has 1 aliphatic rings. The summed E-state index contributed by atoms with van der Waals surface area (Å²) in [5.74, 6) is 0.714. The van der Waals surface area contributed by atoms with E-state index in [1.54, 1.807) is 7.05 Å². The summed E-state index contributed by atoms with van der Waals surface area (Å²) in [5, 5.41) is 0.747. The zero-order valence-electron chi connectivity index (χ0n) is 19.3. The molecule has 2 aromatic heterocycles. The Morgan fingerprint density at radius 3 is 2.38 bits per heavy atom. The maximum Gasteiger partial charge on any atom is 0.329 e. The van der Waals surface area contributed by atoms with E-state index in [2.05, 4.69) is 26.9 Å². The first-order valence-electron chi connectivity index (χ1n) is 11.4. The average molecular weight is 479 g/mol. The Kier molecular flexibility index (Phi) is 6.02. The fraction of sp³-hybridized carbons (Fsp3) is 0.320. The second-order valence-corrected chi connectivity index (χ2v) is 9.31. The molecule has 0 radical (unpaired) electrons. The summed E-state index contributed by atoms with van der Waals surface area (Å²) in [7, 11) is 1.64. The van der Waals surface area contributed by atoms with Crippen LogP contribution in [0.4, 0.5) is 5.95 Å². The summed E-state index contributed by atoms with van der Waals surface area (Å²) in [6, 6.07) is 16.2. The number of benzene rings is 2. The third-order valence-corrected chi connectivity index (χ3v) is 6.60. The van der Waals surface area contributed by atoms with Crippen LogP contribution in [0, 0.1) is 6.92 Å². The molecule has 2 aromatic carbocycles. The zero-order chi connectivity index (χ0) is 23.8. The maximum absolute atomic E-state index is 12.8. The van der Waals surface area contributed by atoms with Crippen LogP contribution in [-0.2, 0) is 20.1 Å². The summed E-state index contributed by atoms with van der Waals surface area (Å²) in [6.07, 6.45) is 0. The molecule has 0 spiro atoms. The molecule has 5 rings (SSSR count). The summed E-state index contributed by atoms with van der Waals surface area (Å²) in [5.41, 5.74) is 3.36. The number of nitrogens with zero attached hydrogens (tertiary/aromatic N) is 5. The summed E-state index contributed by atoms with van der Waals surface area (Å²) in [4.78, 5) is 36.9.